The summed E-state index contributed by atoms with van der Waals surface area (Å²) < 4.78 is 176. The molecule has 0 saturated carbocycles. The molecule has 0 unspecified atom stereocenters. The molecule has 0 amide bonds. The van der Waals surface area contributed by atoms with E-state index in [9.17, 15) is 61.9 Å². The fourth-order valence-electron chi connectivity index (χ4n) is 2.40. The fourth-order valence-corrected chi connectivity index (χ4v) is 2.40. The van der Waals surface area contributed by atoms with Crippen LogP contribution in [0.1, 0.15) is 11.1 Å². The van der Waals surface area contributed by atoms with Gasteiger partial charge in [-0.3, -0.25) is 0 Å². The quantitative estimate of drug-likeness (QED) is 0.373. The van der Waals surface area contributed by atoms with Crippen molar-refractivity contribution in [2.45, 2.75) is 42.7 Å². The minimum atomic E-state index is -8.04. The minimum absolute atomic E-state index is 0.155. The van der Waals surface area contributed by atoms with Gasteiger partial charge in [0.15, 0.2) is 0 Å². The summed E-state index contributed by atoms with van der Waals surface area (Å²) in [6.07, 6.45) is -7.51. The van der Waals surface area contributed by atoms with Crippen LogP contribution in [0.4, 0.5) is 57.1 Å². The standard InChI is InChI=1S/C16H7F13O2/c1-6-2-3-9-7(4-6)5-8(10(30)31-9)11(17,18)12(19,20)13(21,22)14(23,24)15(25,26)16(27,28)29/h2-5H,1H3. The fraction of sp³-hybridized carbons (Fsp3) is 0.438. The highest BCUT2D eigenvalue weighted by Crippen LogP contribution is 2.61. The topological polar surface area (TPSA) is 30.2 Å². The molecule has 0 bridgehead atoms. The summed E-state index contributed by atoms with van der Waals surface area (Å²) in [6, 6.07) is 2.98. The van der Waals surface area contributed by atoms with Crippen molar-refractivity contribution in [2.24, 2.45) is 0 Å². The van der Waals surface area contributed by atoms with E-state index in [0.29, 0.717) is 0 Å². The highest BCUT2D eigenvalue weighted by Gasteiger charge is 2.91. The zero-order valence-electron chi connectivity index (χ0n) is 14.5. The molecule has 0 radical (unpaired) electrons. The van der Waals surface area contributed by atoms with Gasteiger partial charge in [-0.25, -0.2) is 4.79 Å². The average molecular weight is 478 g/mol. The Hall–Kier alpha value is -2.48. The minimum Gasteiger partial charge on any atom is -0.422 e. The van der Waals surface area contributed by atoms with Crippen LogP contribution in [0.15, 0.2) is 33.5 Å². The van der Waals surface area contributed by atoms with E-state index in [4.69, 9.17) is 0 Å². The van der Waals surface area contributed by atoms with Crippen molar-refractivity contribution in [3.8, 4) is 0 Å². The molecular formula is C16H7F13O2. The summed E-state index contributed by atoms with van der Waals surface area (Å²) in [5.74, 6) is -38.1. The van der Waals surface area contributed by atoms with Crippen LogP contribution in [0.3, 0.4) is 0 Å². The van der Waals surface area contributed by atoms with Crippen molar-refractivity contribution in [1.29, 1.82) is 0 Å². The van der Waals surface area contributed by atoms with Crippen LogP contribution in [0.25, 0.3) is 11.0 Å². The van der Waals surface area contributed by atoms with Crippen LogP contribution < -0.4 is 5.63 Å². The molecule has 0 aliphatic heterocycles. The Labute approximate surface area is 162 Å². The second-order valence-corrected chi connectivity index (χ2v) is 6.36. The van der Waals surface area contributed by atoms with E-state index >= 15 is 0 Å². The van der Waals surface area contributed by atoms with Crippen LogP contribution in [-0.2, 0) is 5.92 Å². The summed E-state index contributed by atoms with van der Waals surface area (Å²) in [6.45, 7) is 1.32. The van der Waals surface area contributed by atoms with Crippen LogP contribution >= 0.6 is 0 Å². The molecule has 1 aromatic heterocycles. The number of alkyl halides is 13. The molecule has 174 valence electrons. The summed E-state index contributed by atoms with van der Waals surface area (Å²) in [4.78, 5) is 11.6. The molecule has 15 heteroatoms. The Morgan fingerprint density at radius 3 is 1.65 bits per heavy atom. The summed E-state index contributed by atoms with van der Waals surface area (Å²) in [5, 5.41) is -0.583. The molecule has 0 aliphatic carbocycles. The number of hydrogen-bond donors (Lipinski definition) is 0. The van der Waals surface area contributed by atoms with E-state index in [0.717, 1.165) is 12.1 Å². The molecule has 1 aromatic carbocycles. The lowest BCUT2D eigenvalue weighted by atomic mass is 9.91. The molecule has 0 fully saturated rings. The Kier molecular flexibility index (Phi) is 5.40. The van der Waals surface area contributed by atoms with Gasteiger partial charge >= 0.3 is 41.4 Å². The third-order valence-electron chi connectivity index (χ3n) is 4.16. The predicted molar refractivity (Wildman–Crippen MR) is 77.0 cm³/mol. The van der Waals surface area contributed by atoms with E-state index in [1.54, 1.807) is 0 Å². The van der Waals surface area contributed by atoms with Crippen molar-refractivity contribution in [1.82, 2.24) is 0 Å². The number of aryl methyl sites for hydroxylation is 1. The smallest absolute Gasteiger partial charge is 0.422 e. The Morgan fingerprint density at radius 1 is 0.677 bits per heavy atom. The maximum Gasteiger partial charge on any atom is 0.460 e. The summed E-state index contributed by atoms with van der Waals surface area (Å²) in [5.41, 5.74) is -5.40. The molecule has 0 N–H and O–H groups in total. The van der Waals surface area contributed by atoms with Crippen LogP contribution in [0.5, 0.6) is 0 Å². The monoisotopic (exact) mass is 478 g/mol. The summed E-state index contributed by atoms with van der Waals surface area (Å²) >= 11 is 0. The van der Waals surface area contributed by atoms with Gasteiger partial charge in [-0.05, 0) is 25.1 Å². The normalized spacial score (nSPS) is 14.9. The van der Waals surface area contributed by atoms with Gasteiger partial charge in [0.1, 0.15) is 11.1 Å². The van der Waals surface area contributed by atoms with E-state index in [1.165, 1.54) is 13.0 Å². The van der Waals surface area contributed by atoms with Gasteiger partial charge in [-0.2, -0.15) is 57.1 Å². The van der Waals surface area contributed by atoms with Crippen molar-refractivity contribution in [2.75, 3.05) is 0 Å². The Balaban J connectivity index is 2.73. The van der Waals surface area contributed by atoms with Crippen LogP contribution in [0, 0.1) is 6.92 Å². The number of rotatable bonds is 5. The van der Waals surface area contributed by atoms with E-state index in [1.807, 2.05) is 0 Å². The van der Waals surface area contributed by atoms with Crippen molar-refractivity contribution in [3.05, 3.63) is 45.8 Å². The van der Waals surface area contributed by atoms with Gasteiger partial charge in [0.05, 0.1) is 0 Å². The van der Waals surface area contributed by atoms with Crippen molar-refractivity contribution < 1.29 is 61.5 Å². The van der Waals surface area contributed by atoms with Gasteiger partial charge < -0.3 is 4.42 Å². The van der Waals surface area contributed by atoms with E-state index < -0.39 is 57.9 Å². The van der Waals surface area contributed by atoms with Gasteiger partial charge in [0.25, 0.3) is 0 Å². The van der Waals surface area contributed by atoms with Gasteiger partial charge in [-0.15, -0.1) is 0 Å². The molecule has 1 heterocycles. The lowest BCUT2D eigenvalue weighted by molar-refractivity contribution is -0.441. The molecule has 0 spiro atoms. The first-order chi connectivity index (χ1) is 13.6. The van der Waals surface area contributed by atoms with Crippen LogP contribution in [0.2, 0.25) is 0 Å². The van der Waals surface area contributed by atoms with Gasteiger partial charge in [-0.1, -0.05) is 11.6 Å². The van der Waals surface area contributed by atoms with Crippen molar-refractivity contribution >= 4 is 11.0 Å². The molecule has 2 rings (SSSR count). The molecule has 0 atom stereocenters. The predicted octanol–water partition coefficient (Wildman–Crippen LogP) is 6.30. The Morgan fingerprint density at radius 2 is 1.16 bits per heavy atom. The largest absolute Gasteiger partial charge is 0.460 e. The van der Waals surface area contributed by atoms with E-state index in [-0.39, 0.29) is 11.6 Å². The summed E-state index contributed by atoms with van der Waals surface area (Å²) in [7, 11) is 0. The Bertz CT molecular complexity index is 1050. The zero-order chi connectivity index (χ0) is 24.4. The molecule has 31 heavy (non-hydrogen) atoms. The number of hydrogen-bond acceptors (Lipinski definition) is 2. The lowest BCUT2D eigenvalue weighted by Crippen LogP contribution is -2.69. The number of benzene rings is 1. The molecule has 2 aromatic rings. The molecule has 2 nitrogen and oxygen atoms in total. The van der Waals surface area contributed by atoms with Gasteiger partial charge in [0, 0.05) is 5.39 Å². The van der Waals surface area contributed by atoms with Crippen LogP contribution in [-0.4, -0.2) is 29.9 Å². The molecule has 0 saturated heterocycles. The van der Waals surface area contributed by atoms with E-state index in [2.05, 4.69) is 4.42 Å². The maximum absolute atomic E-state index is 14.2. The first-order valence-corrected chi connectivity index (χ1v) is 7.63. The highest BCUT2D eigenvalue weighted by atomic mass is 19.4. The highest BCUT2D eigenvalue weighted by molar-refractivity contribution is 5.77. The molecule has 0 aliphatic rings. The zero-order valence-corrected chi connectivity index (χ0v) is 14.5. The average Bonchev–Trinajstić information content (AvgIpc) is 2.59. The third kappa shape index (κ3) is 3.32. The first-order valence-electron chi connectivity index (χ1n) is 7.63. The van der Waals surface area contributed by atoms with Crippen molar-refractivity contribution in [3.63, 3.8) is 0 Å². The second kappa shape index (κ2) is 6.76. The third-order valence-corrected chi connectivity index (χ3v) is 4.16. The first kappa shape index (κ1) is 24.8. The number of halogens is 13. The SMILES string of the molecule is Cc1ccc2oc(=O)c(C(F)(F)C(F)(F)C(F)(F)C(F)(F)C(F)(F)C(F)(F)F)cc2c1. The molecular weight excluding hydrogens is 471 g/mol. The number of fused-ring (bicyclic) bond motifs is 1. The second-order valence-electron chi connectivity index (χ2n) is 6.36. The lowest BCUT2D eigenvalue weighted by Gasteiger charge is -2.39. The van der Waals surface area contributed by atoms with Gasteiger partial charge in [0.2, 0.25) is 0 Å². The maximum atomic E-state index is 14.2.